The molecule has 178 valence electrons. The molecule has 0 saturated heterocycles. The van der Waals surface area contributed by atoms with Crippen molar-refractivity contribution in [1.82, 2.24) is 19.4 Å². The molecule has 0 aliphatic heterocycles. The molecule has 35 heavy (non-hydrogen) atoms. The van der Waals surface area contributed by atoms with Crippen LogP contribution in [0.5, 0.6) is 0 Å². The Hall–Kier alpha value is -3.85. The number of halogens is 2. The second-order valence-electron chi connectivity index (χ2n) is 8.43. The van der Waals surface area contributed by atoms with Gasteiger partial charge in [0, 0.05) is 53.5 Å². The molecule has 0 bridgehead atoms. The minimum Gasteiger partial charge on any atom is -0.275 e. The van der Waals surface area contributed by atoms with Crippen LogP contribution in [0.25, 0.3) is 38.9 Å². The average Bonchev–Trinajstić information content (AvgIpc) is 3.44. The Morgan fingerprint density at radius 3 is 2.29 bits per heavy atom. The lowest BCUT2D eigenvalue weighted by Gasteiger charge is -2.11. The molecule has 3 aromatic heterocycles. The summed E-state index contributed by atoms with van der Waals surface area (Å²) in [5, 5.41) is 8.69. The highest BCUT2D eigenvalue weighted by molar-refractivity contribution is 7.90. The second-order valence-corrected chi connectivity index (χ2v) is 10.8. The highest BCUT2D eigenvalue weighted by Gasteiger charge is 2.16. The molecule has 0 spiro atoms. The first-order chi connectivity index (χ1) is 16.7. The summed E-state index contributed by atoms with van der Waals surface area (Å²) in [5.41, 5.74) is 5.34. The van der Waals surface area contributed by atoms with Gasteiger partial charge in [-0.2, -0.15) is 10.2 Å². The molecule has 6 nitrogen and oxygen atoms in total. The summed E-state index contributed by atoms with van der Waals surface area (Å²) in [4.78, 5) is 0. The Morgan fingerprint density at radius 2 is 1.60 bits per heavy atom. The van der Waals surface area contributed by atoms with E-state index in [4.69, 9.17) is 0 Å². The molecule has 0 aliphatic carbocycles. The van der Waals surface area contributed by atoms with E-state index in [9.17, 15) is 17.2 Å². The van der Waals surface area contributed by atoms with Crippen LogP contribution in [0.1, 0.15) is 12.5 Å². The van der Waals surface area contributed by atoms with Crippen molar-refractivity contribution in [2.24, 2.45) is 7.05 Å². The fourth-order valence-electron chi connectivity index (χ4n) is 4.11. The number of nitrogens with zero attached hydrogens (tertiary/aromatic N) is 4. The Balaban J connectivity index is 1.65. The Labute approximate surface area is 201 Å². The summed E-state index contributed by atoms with van der Waals surface area (Å²) in [6.07, 6.45) is 7.27. The first kappa shape index (κ1) is 22.9. The normalized spacial score (nSPS) is 11.9. The van der Waals surface area contributed by atoms with Crippen LogP contribution >= 0.6 is 0 Å². The number of fused-ring (bicyclic) bond motifs is 1. The molecule has 3 heterocycles. The van der Waals surface area contributed by atoms with E-state index in [1.807, 2.05) is 31.6 Å². The lowest BCUT2D eigenvalue weighted by molar-refractivity contribution is 0.585. The lowest BCUT2D eigenvalue weighted by Crippen LogP contribution is -2.07. The van der Waals surface area contributed by atoms with E-state index < -0.39 is 21.5 Å². The van der Waals surface area contributed by atoms with Gasteiger partial charge in [0.2, 0.25) is 0 Å². The first-order valence-electron chi connectivity index (χ1n) is 11.0. The van der Waals surface area contributed by atoms with E-state index in [0.717, 1.165) is 28.3 Å². The molecular formula is C26H22F2N4O2S. The van der Waals surface area contributed by atoms with E-state index in [1.165, 1.54) is 12.1 Å². The predicted octanol–water partition coefficient (Wildman–Crippen LogP) is 5.28. The first-order valence-corrected chi connectivity index (χ1v) is 12.8. The van der Waals surface area contributed by atoms with E-state index in [-0.39, 0.29) is 17.1 Å². The molecule has 2 aromatic carbocycles. The van der Waals surface area contributed by atoms with Crippen LogP contribution in [0.15, 0.2) is 73.3 Å². The number of benzene rings is 2. The van der Waals surface area contributed by atoms with Crippen molar-refractivity contribution in [3.05, 3.63) is 90.5 Å². The van der Waals surface area contributed by atoms with Crippen molar-refractivity contribution in [1.29, 1.82) is 0 Å². The molecule has 5 rings (SSSR count). The van der Waals surface area contributed by atoms with Gasteiger partial charge in [0.05, 0.1) is 23.7 Å². The van der Waals surface area contributed by atoms with Gasteiger partial charge in [-0.3, -0.25) is 4.68 Å². The van der Waals surface area contributed by atoms with Crippen molar-refractivity contribution >= 4 is 15.4 Å². The molecule has 0 aliphatic rings. The summed E-state index contributed by atoms with van der Waals surface area (Å²) < 4.78 is 56.3. The van der Waals surface area contributed by atoms with Crippen molar-refractivity contribution in [2.45, 2.75) is 12.7 Å². The number of hydrogen-bond donors (Lipinski definition) is 0. The van der Waals surface area contributed by atoms with Crippen LogP contribution in [0.2, 0.25) is 0 Å². The molecule has 0 N–H and O–H groups in total. The predicted molar refractivity (Wildman–Crippen MR) is 131 cm³/mol. The Kier molecular flexibility index (Phi) is 5.72. The minimum absolute atomic E-state index is 0.00863. The molecule has 0 saturated carbocycles. The topological polar surface area (TPSA) is 69.3 Å². The zero-order valence-electron chi connectivity index (χ0n) is 19.1. The largest absolute Gasteiger partial charge is 0.275 e. The molecule has 0 atom stereocenters. The van der Waals surface area contributed by atoms with Crippen LogP contribution in [0.4, 0.5) is 8.78 Å². The van der Waals surface area contributed by atoms with Crippen LogP contribution in [-0.2, 0) is 22.6 Å². The molecule has 0 radical (unpaired) electrons. The number of pyridine rings is 1. The Bertz CT molecular complexity index is 1670. The summed E-state index contributed by atoms with van der Waals surface area (Å²) in [6, 6.07) is 12.4. The smallest absolute Gasteiger partial charge is 0.154 e. The molecular weight excluding hydrogens is 470 g/mol. The van der Waals surface area contributed by atoms with Gasteiger partial charge >= 0.3 is 0 Å². The van der Waals surface area contributed by atoms with Gasteiger partial charge in [-0.25, -0.2) is 21.7 Å². The van der Waals surface area contributed by atoms with Gasteiger partial charge in [-0.15, -0.1) is 0 Å². The number of aromatic nitrogens is 4. The maximum Gasteiger partial charge on any atom is 0.154 e. The number of hydrogen-bond acceptors (Lipinski definition) is 4. The lowest BCUT2D eigenvalue weighted by atomic mass is 9.96. The quantitative estimate of drug-likeness (QED) is 0.323. The monoisotopic (exact) mass is 492 g/mol. The van der Waals surface area contributed by atoms with E-state index >= 15 is 0 Å². The molecule has 0 unspecified atom stereocenters. The number of sulfone groups is 1. The van der Waals surface area contributed by atoms with Crippen molar-refractivity contribution < 1.29 is 17.2 Å². The highest BCUT2D eigenvalue weighted by atomic mass is 32.2. The standard InChI is InChI=1S/C26H22F2N4O2S/c1-3-35(33,34)16-17-8-19(23-6-5-22(27)11-25(23)28)10-20(9-17)24-13-30-32-15-18(4-7-26(24)32)21-12-29-31(2)14-21/h4-15H,3,16H2,1-2H3. The van der Waals surface area contributed by atoms with E-state index in [1.54, 1.807) is 46.7 Å². The van der Waals surface area contributed by atoms with Gasteiger partial charge < -0.3 is 0 Å². The summed E-state index contributed by atoms with van der Waals surface area (Å²) in [5.74, 6) is -1.58. The number of rotatable bonds is 6. The number of aryl methyl sites for hydroxylation is 1. The zero-order valence-corrected chi connectivity index (χ0v) is 19.9. The van der Waals surface area contributed by atoms with Crippen LogP contribution in [0.3, 0.4) is 0 Å². The minimum atomic E-state index is -3.33. The third-order valence-corrected chi connectivity index (χ3v) is 7.58. The molecule has 9 heteroatoms. The summed E-state index contributed by atoms with van der Waals surface area (Å²) in [7, 11) is -1.48. The van der Waals surface area contributed by atoms with Crippen molar-refractivity contribution in [3.63, 3.8) is 0 Å². The van der Waals surface area contributed by atoms with Gasteiger partial charge in [0.1, 0.15) is 11.6 Å². The fraction of sp³-hybridized carbons (Fsp3) is 0.154. The third kappa shape index (κ3) is 4.59. The Morgan fingerprint density at radius 1 is 0.829 bits per heavy atom. The van der Waals surface area contributed by atoms with Gasteiger partial charge in [0.15, 0.2) is 9.84 Å². The van der Waals surface area contributed by atoms with Gasteiger partial charge in [-0.05, 0) is 53.1 Å². The third-order valence-electron chi connectivity index (χ3n) is 5.93. The second kappa shape index (κ2) is 8.74. The SMILES string of the molecule is CCS(=O)(=O)Cc1cc(-c2ccc(F)cc2F)cc(-c2cnn3cc(-c4cnn(C)c4)ccc23)c1. The molecule has 5 aromatic rings. The maximum atomic E-state index is 14.6. The average molecular weight is 493 g/mol. The molecule has 0 fully saturated rings. The van der Waals surface area contributed by atoms with Crippen molar-refractivity contribution in [3.8, 4) is 33.4 Å². The van der Waals surface area contributed by atoms with Crippen molar-refractivity contribution in [2.75, 3.05) is 5.75 Å². The summed E-state index contributed by atoms with van der Waals surface area (Å²) >= 11 is 0. The zero-order chi connectivity index (χ0) is 24.7. The van der Waals surface area contributed by atoms with Crippen LogP contribution in [-0.4, -0.2) is 33.6 Å². The van der Waals surface area contributed by atoms with Gasteiger partial charge in [0.25, 0.3) is 0 Å². The maximum absolute atomic E-state index is 14.6. The van der Waals surface area contributed by atoms with E-state index in [2.05, 4.69) is 10.2 Å². The fourth-order valence-corrected chi connectivity index (χ4v) is 4.99. The highest BCUT2D eigenvalue weighted by Crippen LogP contribution is 2.33. The van der Waals surface area contributed by atoms with E-state index in [0.29, 0.717) is 16.7 Å². The van der Waals surface area contributed by atoms with Crippen LogP contribution in [0, 0.1) is 11.6 Å². The van der Waals surface area contributed by atoms with Crippen LogP contribution < -0.4 is 0 Å². The summed E-state index contributed by atoms with van der Waals surface area (Å²) in [6.45, 7) is 1.59. The molecule has 0 amide bonds. The van der Waals surface area contributed by atoms with Gasteiger partial charge in [-0.1, -0.05) is 13.0 Å².